The Kier molecular flexibility index (Phi) is 7.89. The molecule has 0 radical (unpaired) electrons. The van der Waals surface area contributed by atoms with E-state index in [9.17, 15) is 24.0 Å². The smallest absolute Gasteiger partial charge is 0.353 e. The Morgan fingerprint density at radius 2 is 1.68 bits per heavy atom. The van der Waals surface area contributed by atoms with Gasteiger partial charge in [0.05, 0.1) is 21.9 Å². The highest BCUT2D eigenvalue weighted by Gasteiger charge is 2.51. The third kappa shape index (κ3) is 5.45. The summed E-state index contributed by atoms with van der Waals surface area (Å²) in [5.74, 6) is -3.84. The Morgan fingerprint density at radius 1 is 0.975 bits per heavy atom. The fourth-order valence-electron chi connectivity index (χ4n) is 4.76. The largest absolute Gasteiger partial charge is 0.422 e. The molecule has 40 heavy (non-hydrogen) atoms. The maximum atomic E-state index is 13.7. The summed E-state index contributed by atoms with van der Waals surface area (Å²) in [6, 6.07) is 13.3. The normalized spacial score (nSPS) is 18.3. The molecule has 0 saturated carbocycles. The van der Waals surface area contributed by atoms with Crippen LogP contribution in [0.5, 0.6) is 5.75 Å². The van der Waals surface area contributed by atoms with Gasteiger partial charge in [0, 0.05) is 11.1 Å². The first-order valence-electron chi connectivity index (χ1n) is 12.3. The number of ether oxygens (including phenoxy) is 1. The fraction of sp³-hybridized carbons (Fsp3) is 0.207. The standard InChI is InChI=1S/C29H22Cl2N2O6S/c1-16-4-10-20-21(13-16)28(37)33(27(20)36)32(26(35)18-7-11-22(30)23(31)14-18)15-24(34)17-5-8-19(9-6-17)39-29(38)25-3-2-12-40-25/h2-9,11-12,14,20-21H,10,13,15H2,1H3/t20-,21+/m0/s1. The molecule has 1 fully saturated rings. The van der Waals surface area contributed by atoms with Gasteiger partial charge in [-0.2, -0.15) is 5.01 Å². The number of carbonyl (C=O) groups is 5. The summed E-state index contributed by atoms with van der Waals surface area (Å²) in [6.45, 7) is 1.30. The van der Waals surface area contributed by atoms with Crippen LogP contribution >= 0.6 is 34.5 Å². The van der Waals surface area contributed by atoms with Gasteiger partial charge in [-0.1, -0.05) is 40.9 Å². The number of halogens is 2. The van der Waals surface area contributed by atoms with E-state index < -0.39 is 47.9 Å². The molecule has 1 aromatic heterocycles. The van der Waals surface area contributed by atoms with Crippen molar-refractivity contribution in [1.82, 2.24) is 10.0 Å². The van der Waals surface area contributed by atoms with Gasteiger partial charge in [-0.3, -0.25) is 19.2 Å². The highest BCUT2D eigenvalue weighted by atomic mass is 35.5. The first kappa shape index (κ1) is 27.8. The van der Waals surface area contributed by atoms with Crippen molar-refractivity contribution in [1.29, 1.82) is 0 Å². The van der Waals surface area contributed by atoms with Crippen LogP contribution in [0.15, 0.2) is 71.6 Å². The predicted octanol–water partition coefficient (Wildman–Crippen LogP) is 5.86. The minimum atomic E-state index is -0.751. The molecule has 8 nitrogen and oxygen atoms in total. The number of rotatable bonds is 7. The SMILES string of the molecule is CC1=CC[C@@H]2C(=O)N(N(CC(=O)c3ccc(OC(=O)c4cccs4)cc3)C(=O)c3ccc(Cl)c(Cl)c3)C(=O)[C@@H]2C1. The average Bonchev–Trinajstić information content (AvgIpc) is 3.56. The van der Waals surface area contributed by atoms with E-state index in [1.165, 1.54) is 53.8 Å². The van der Waals surface area contributed by atoms with Crippen LogP contribution in [0, 0.1) is 11.8 Å². The van der Waals surface area contributed by atoms with Crippen molar-refractivity contribution in [3.63, 3.8) is 0 Å². The van der Waals surface area contributed by atoms with Gasteiger partial charge in [-0.05, 0) is 73.7 Å². The number of hydrazine groups is 1. The van der Waals surface area contributed by atoms with E-state index in [1.807, 2.05) is 13.0 Å². The van der Waals surface area contributed by atoms with Crippen molar-refractivity contribution in [2.45, 2.75) is 19.8 Å². The van der Waals surface area contributed by atoms with E-state index in [2.05, 4.69) is 0 Å². The molecule has 5 rings (SSSR count). The predicted molar refractivity (Wildman–Crippen MR) is 149 cm³/mol. The first-order chi connectivity index (χ1) is 19.1. The van der Waals surface area contributed by atoms with Gasteiger partial charge >= 0.3 is 5.97 Å². The van der Waals surface area contributed by atoms with Crippen LogP contribution in [0.1, 0.15) is 50.2 Å². The molecular weight excluding hydrogens is 575 g/mol. The molecule has 11 heteroatoms. The zero-order valence-electron chi connectivity index (χ0n) is 21.1. The maximum Gasteiger partial charge on any atom is 0.353 e. The molecule has 1 saturated heterocycles. The number of allylic oxidation sites excluding steroid dienone is 2. The second kappa shape index (κ2) is 11.4. The number of carbonyl (C=O) groups excluding carboxylic acids is 5. The van der Waals surface area contributed by atoms with Crippen LogP contribution in [0.4, 0.5) is 0 Å². The molecule has 3 aromatic rings. The van der Waals surface area contributed by atoms with Crippen LogP contribution in [-0.4, -0.2) is 46.0 Å². The Bertz CT molecular complexity index is 1550. The van der Waals surface area contributed by atoms with Crippen LogP contribution in [0.25, 0.3) is 0 Å². The molecule has 2 aliphatic rings. The van der Waals surface area contributed by atoms with Gasteiger partial charge in [0.25, 0.3) is 17.7 Å². The lowest BCUT2D eigenvalue weighted by Crippen LogP contribution is -2.52. The van der Waals surface area contributed by atoms with Gasteiger partial charge in [-0.15, -0.1) is 11.3 Å². The van der Waals surface area contributed by atoms with Crippen molar-refractivity contribution >= 4 is 64.0 Å². The number of fused-ring (bicyclic) bond motifs is 1. The van der Waals surface area contributed by atoms with Gasteiger partial charge in [0.15, 0.2) is 5.78 Å². The van der Waals surface area contributed by atoms with E-state index in [4.69, 9.17) is 27.9 Å². The molecule has 0 unspecified atom stereocenters. The summed E-state index contributed by atoms with van der Waals surface area (Å²) in [6.07, 6.45) is 2.70. The lowest BCUT2D eigenvalue weighted by molar-refractivity contribution is -0.154. The number of thiophene rings is 1. The molecule has 2 aromatic carbocycles. The molecule has 0 bridgehead atoms. The number of amides is 3. The highest BCUT2D eigenvalue weighted by Crippen LogP contribution is 2.39. The summed E-state index contributed by atoms with van der Waals surface area (Å²) in [7, 11) is 0. The summed E-state index contributed by atoms with van der Waals surface area (Å²) in [5.41, 5.74) is 1.24. The molecule has 3 amide bonds. The number of hydrogen-bond acceptors (Lipinski definition) is 7. The Balaban J connectivity index is 1.40. The van der Waals surface area contributed by atoms with E-state index in [-0.39, 0.29) is 26.9 Å². The summed E-state index contributed by atoms with van der Waals surface area (Å²) in [4.78, 5) is 66.5. The third-order valence-electron chi connectivity index (χ3n) is 6.84. The van der Waals surface area contributed by atoms with Crippen LogP contribution in [-0.2, 0) is 9.59 Å². The molecule has 1 aliphatic carbocycles. The number of nitrogens with zero attached hydrogens (tertiary/aromatic N) is 2. The van der Waals surface area contributed by atoms with Gasteiger partial charge in [-0.25, -0.2) is 9.80 Å². The lowest BCUT2D eigenvalue weighted by Gasteiger charge is -2.30. The van der Waals surface area contributed by atoms with E-state index in [0.717, 1.165) is 15.6 Å². The third-order valence-corrected chi connectivity index (χ3v) is 8.43. The van der Waals surface area contributed by atoms with E-state index >= 15 is 0 Å². The van der Waals surface area contributed by atoms with Crippen molar-refractivity contribution in [3.05, 3.63) is 97.7 Å². The van der Waals surface area contributed by atoms with E-state index in [0.29, 0.717) is 17.7 Å². The molecule has 0 spiro atoms. The summed E-state index contributed by atoms with van der Waals surface area (Å²) >= 11 is 13.4. The van der Waals surface area contributed by atoms with Crippen molar-refractivity contribution in [3.8, 4) is 5.75 Å². The van der Waals surface area contributed by atoms with Crippen LogP contribution < -0.4 is 4.74 Å². The average molecular weight is 597 g/mol. The molecular formula is C29H22Cl2N2O6S. The number of ketones is 1. The minimum absolute atomic E-state index is 0.0582. The monoisotopic (exact) mass is 596 g/mol. The summed E-state index contributed by atoms with van der Waals surface area (Å²) < 4.78 is 5.33. The number of Topliss-reactive ketones (excluding diaryl/α,β-unsaturated/α-hetero) is 1. The maximum absolute atomic E-state index is 13.7. The van der Waals surface area contributed by atoms with Gasteiger partial charge in [0.2, 0.25) is 0 Å². The zero-order chi connectivity index (χ0) is 28.6. The van der Waals surface area contributed by atoms with Crippen LogP contribution in [0.3, 0.4) is 0 Å². The molecule has 1 aliphatic heterocycles. The lowest BCUT2D eigenvalue weighted by atomic mass is 9.82. The Hall–Kier alpha value is -3.79. The van der Waals surface area contributed by atoms with Gasteiger partial charge < -0.3 is 4.74 Å². The minimum Gasteiger partial charge on any atom is -0.422 e. The second-order valence-electron chi connectivity index (χ2n) is 9.50. The van der Waals surface area contributed by atoms with Crippen LogP contribution in [0.2, 0.25) is 10.0 Å². The number of esters is 1. The highest BCUT2D eigenvalue weighted by molar-refractivity contribution is 7.12. The zero-order valence-corrected chi connectivity index (χ0v) is 23.5. The molecule has 0 N–H and O–H groups in total. The Morgan fingerprint density at radius 3 is 2.35 bits per heavy atom. The second-order valence-corrected chi connectivity index (χ2v) is 11.3. The molecule has 2 heterocycles. The quantitative estimate of drug-likeness (QED) is 0.111. The Labute approximate surface area is 243 Å². The molecule has 204 valence electrons. The van der Waals surface area contributed by atoms with Crippen molar-refractivity contribution in [2.75, 3.05) is 6.54 Å². The number of benzene rings is 2. The van der Waals surface area contributed by atoms with Gasteiger partial charge in [0.1, 0.15) is 17.2 Å². The van der Waals surface area contributed by atoms with Crippen molar-refractivity contribution < 1.29 is 28.7 Å². The number of hydrogen-bond donors (Lipinski definition) is 0. The van der Waals surface area contributed by atoms with Crippen molar-refractivity contribution in [2.24, 2.45) is 11.8 Å². The fourth-order valence-corrected chi connectivity index (χ4v) is 5.65. The summed E-state index contributed by atoms with van der Waals surface area (Å²) in [5, 5.41) is 3.78. The number of imide groups is 1. The topological polar surface area (TPSA) is 101 Å². The first-order valence-corrected chi connectivity index (χ1v) is 14.0. The van der Waals surface area contributed by atoms with E-state index in [1.54, 1.807) is 17.5 Å². The molecule has 2 atom stereocenters.